The van der Waals surface area contributed by atoms with Gasteiger partial charge in [-0.15, -0.1) is 0 Å². The topological polar surface area (TPSA) is 67.4 Å². The van der Waals surface area contributed by atoms with Gasteiger partial charge in [-0.05, 0) is 38.1 Å². The van der Waals surface area contributed by atoms with Gasteiger partial charge in [-0.1, -0.05) is 0 Å². The zero-order valence-electron chi connectivity index (χ0n) is 11.5. The molecule has 0 radical (unpaired) electrons. The summed E-state index contributed by atoms with van der Waals surface area (Å²) < 4.78 is 5.03. The highest BCUT2D eigenvalue weighted by molar-refractivity contribution is 6.23. The van der Waals surface area contributed by atoms with Gasteiger partial charge in [0.25, 0.3) is 5.91 Å². The Labute approximate surface area is 112 Å². The highest BCUT2D eigenvalue weighted by atomic mass is 16.5. The summed E-state index contributed by atoms with van der Waals surface area (Å²) in [6.07, 6.45) is 0. The predicted octanol–water partition coefficient (Wildman–Crippen LogP) is 1.72. The van der Waals surface area contributed by atoms with Gasteiger partial charge >= 0.3 is 0 Å². The Kier molecular flexibility index (Phi) is 5.11. The molecule has 1 amide bonds. The molecular formula is C14H18N2O3. The minimum atomic E-state index is -0.426. The van der Waals surface area contributed by atoms with Crippen LogP contribution in [0.15, 0.2) is 35.5 Å². The Morgan fingerprint density at radius 2 is 1.68 bits per heavy atom. The minimum Gasteiger partial charge on any atom is -0.497 e. The number of benzene rings is 1. The molecule has 5 nitrogen and oxygen atoms in total. The molecule has 0 fully saturated rings. The SMILES string of the molecule is CNC(C)=C(C(C)=O)C(=O)Nc1ccc(OC)cc1. The number of amides is 1. The lowest BCUT2D eigenvalue weighted by molar-refractivity contribution is -0.119. The number of carbonyl (C=O) groups excluding carboxylic acids is 2. The lowest BCUT2D eigenvalue weighted by Gasteiger charge is -2.10. The zero-order chi connectivity index (χ0) is 14.4. The normalized spacial score (nSPS) is 11.4. The van der Waals surface area contributed by atoms with E-state index in [1.807, 2.05) is 0 Å². The van der Waals surface area contributed by atoms with Gasteiger partial charge in [-0.3, -0.25) is 9.59 Å². The fourth-order valence-corrected chi connectivity index (χ4v) is 1.59. The molecular weight excluding hydrogens is 244 g/mol. The van der Waals surface area contributed by atoms with Crippen LogP contribution in [0.25, 0.3) is 0 Å². The van der Waals surface area contributed by atoms with Crippen molar-refractivity contribution in [1.29, 1.82) is 0 Å². The first-order chi connectivity index (χ1) is 8.99. The number of carbonyl (C=O) groups is 2. The Balaban J connectivity index is 2.91. The van der Waals surface area contributed by atoms with E-state index in [0.717, 1.165) is 0 Å². The lowest BCUT2D eigenvalue weighted by Crippen LogP contribution is -2.23. The number of rotatable bonds is 5. The van der Waals surface area contributed by atoms with E-state index in [0.29, 0.717) is 17.1 Å². The van der Waals surface area contributed by atoms with E-state index >= 15 is 0 Å². The van der Waals surface area contributed by atoms with Crippen molar-refractivity contribution in [2.75, 3.05) is 19.5 Å². The zero-order valence-corrected chi connectivity index (χ0v) is 11.5. The van der Waals surface area contributed by atoms with Crippen LogP contribution in [0.2, 0.25) is 0 Å². The van der Waals surface area contributed by atoms with E-state index in [4.69, 9.17) is 4.74 Å². The van der Waals surface area contributed by atoms with Gasteiger partial charge in [-0.25, -0.2) is 0 Å². The second-order valence-electron chi connectivity index (χ2n) is 3.99. The van der Waals surface area contributed by atoms with Crippen LogP contribution >= 0.6 is 0 Å². The Morgan fingerprint density at radius 1 is 1.11 bits per heavy atom. The number of allylic oxidation sites excluding steroid dienone is 1. The van der Waals surface area contributed by atoms with Crippen molar-refractivity contribution < 1.29 is 14.3 Å². The number of methoxy groups -OCH3 is 1. The molecule has 0 aliphatic heterocycles. The van der Waals surface area contributed by atoms with Gasteiger partial charge in [0.05, 0.1) is 7.11 Å². The summed E-state index contributed by atoms with van der Waals surface area (Å²) in [5.74, 6) is -0.00545. The fraction of sp³-hybridized carbons (Fsp3) is 0.286. The highest BCUT2D eigenvalue weighted by Gasteiger charge is 2.17. The molecule has 19 heavy (non-hydrogen) atoms. The third-order valence-electron chi connectivity index (χ3n) is 2.68. The van der Waals surface area contributed by atoms with Crippen molar-refractivity contribution >= 4 is 17.4 Å². The fourth-order valence-electron chi connectivity index (χ4n) is 1.59. The molecule has 0 atom stereocenters. The molecule has 0 aliphatic rings. The molecule has 5 heteroatoms. The van der Waals surface area contributed by atoms with Crippen LogP contribution in [-0.2, 0) is 9.59 Å². The Morgan fingerprint density at radius 3 is 2.11 bits per heavy atom. The van der Waals surface area contributed by atoms with E-state index < -0.39 is 5.91 Å². The van der Waals surface area contributed by atoms with Crippen LogP contribution in [0.5, 0.6) is 5.75 Å². The number of anilines is 1. The largest absolute Gasteiger partial charge is 0.497 e. The quantitative estimate of drug-likeness (QED) is 0.481. The van der Waals surface area contributed by atoms with E-state index in [2.05, 4.69) is 10.6 Å². The van der Waals surface area contributed by atoms with Crippen molar-refractivity contribution in [3.8, 4) is 5.75 Å². The number of hydrogen-bond acceptors (Lipinski definition) is 4. The second-order valence-corrected chi connectivity index (χ2v) is 3.99. The summed E-state index contributed by atoms with van der Waals surface area (Å²) in [5, 5.41) is 5.49. The molecule has 0 saturated carbocycles. The molecule has 2 N–H and O–H groups in total. The van der Waals surface area contributed by atoms with Crippen molar-refractivity contribution in [1.82, 2.24) is 5.32 Å². The smallest absolute Gasteiger partial charge is 0.261 e. The molecule has 0 unspecified atom stereocenters. The van der Waals surface area contributed by atoms with Gasteiger partial charge in [0.1, 0.15) is 11.3 Å². The summed E-state index contributed by atoms with van der Waals surface area (Å²) in [6, 6.07) is 6.89. The van der Waals surface area contributed by atoms with Crippen LogP contribution in [0.1, 0.15) is 13.8 Å². The maximum absolute atomic E-state index is 12.0. The molecule has 0 bridgehead atoms. The third kappa shape index (κ3) is 3.84. The molecule has 0 spiro atoms. The Hall–Kier alpha value is -2.30. The molecule has 1 rings (SSSR count). The lowest BCUT2D eigenvalue weighted by atomic mass is 10.1. The van der Waals surface area contributed by atoms with Crippen LogP contribution in [-0.4, -0.2) is 25.8 Å². The van der Waals surface area contributed by atoms with Gasteiger partial charge in [0.15, 0.2) is 5.78 Å². The van der Waals surface area contributed by atoms with E-state index in [1.165, 1.54) is 6.92 Å². The summed E-state index contributed by atoms with van der Waals surface area (Å²) in [4.78, 5) is 23.5. The number of ether oxygens (including phenoxy) is 1. The van der Waals surface area contributed by atoms with E-state index in [9.17, 15) is 9.59 Å². The second kappa shape index (κ2) is 6.58. The number of ketones is 1. The first-order valence-corrected chi connectivity index (χ1v) is 5.84. The molecule has 0 heterocycles. The van der Waals surface area contributed by atoms with Crippen molar-refractivity contribution in [3.63, 3.8) is 0 Å². The van der Waals surface area contributed by atoms with Crippen LogP contribution in [0.4, 0.5) is 5.69 Å². The van der Waals surface area contributed by atoms with Crippen molar-refractivity contribution in [2.45, 2.75) is 13.8 Å². The average molecular weight is 262 g/mol. The van der Waals surface area contributed by atoms with Gasteiger partial charge in [0.2, 0.25) is 0 Å². The van der Waals surface area contributed by atoms with Crippen molar-refractivity contribution in [2.24, 2.45) is 0 Å². The van der Waals surface area contributed by atoms with Gasteiger partial charge in [-0.2, -0.15) is 0 Å². The first kappa shape index (κ1) is 14.8. The monoisotopic (exact) mass is 262 g/mol. The van der Waals surface area contributed by atoms with Crippen LogP contribution < -0.4 is 15.4 Å². The van der Waals surface area contributed by atoms with Gasteiger partial charge < -0.3 is 15.4 Å². The standard InChI is InChI=1S/C14H18N2O3/c1-9(15-3)13(10(2)17)14(18)16-11-5-7-12(19-4)8-6-11/h5-8,15H,1-4H3,(H,16,18). The van der Waals surface area contributed by atoms with Crippen LogP contribution in [0.3, 0.4) is 0 Å². The average Bonchev–Trinajstić information content (AvgIpc) is 2.39. The maximum Gasteiger partial charge on any atom is 0.261 e. The Bertz CT molecular complexity index is 504. The van der Waals surface area contributed by atoms with E-state index in [1.54, 1.807) is 45.3 Å². The van der Waals surface area contributed by atoms with E-state index in [-0.39, 0.29) is 11.4 Å². The minimum absolute atomic E-state index is 0.123. The molecule has 1 aromatic carbocycles. The highest BCUT2D eigenvalue weighted by Crippen LogP contribution is 2.16. The number of Topliss-reactive ketones (excluding diaryl/α,β-unsaturated/α-hetero) is 1. The predicted molar refractivity (Wildman–Crippen MR) is 74.1 cm³/mol. The summed E-state index contributed by atoms with van der Waals surface area (Å²) >= 11 is 0. The molecule has 102 valence electrons. The molecule has 0 aromatic heterocycles. The van der Waals surface area contributed by atoms with Crippen LogP contribution in [0, 0.1) is 0 Å². The summed E-state index contributed by atoms with van der Waals surface area (Å²) in [5.41, 5.74) is 1.27. The molecule has 1 aromatic rings. The maximum atomic E-state index is 12.0. The first-order valence-electron chi connectivity index (χ1n) is 5.84. The van der Waals surface area contributed by atoms with Gasteiger partial charge in [0, 0.05) is 18.4 Å². The molecule has 0 aliphatic carbocycles. The summed E-state index contributed by atoms with van der Waals surface area (Å²) in [7, 11) is 3.24. The molecule has 0 saturated heterocycles. The van der Waals surface area contributed by atoms with Crippen molar-refractivity contribution in [3.05, 3.63) is 35.5 Å². The number of nitrogens with one attached hydrogen (secondary N) is 2. The number of hydrogen-bond donors (Lipinski definition) is 2. The third-order valence-corrected chi connectivity index (χ3v) is 2.68. The summed E-state index contributed by atoms with van der Waals surface area (Å²) in [6.45, 7) is 3.05.